The van der Waals surface area contributed by atoms with Crippen molar-refractivity contribution in [1.82, 2.24) is 5.32 Å². The van der Waals surface area contributed by atoms with Crippen LogP contribution in [0.5, 0.6) is 5.75 Å². The lowest BCUT2D eigenvalue weighted by Gasteiger charge is -2.14. The van der Waals surface area contributed by atoms with E-state index in [9.17, 15) is 13.6 Å². The van der Waals surface area contributed by atoms with Gasteiger partial charge in [-0.05, 0) is 40.0 Å². The molecule has 1 aromatic carbocycles. The second-order valence-electron chi connectivity index (χ2n) is 4.31. The van der Waals surface area contributed by atoms with E-state index in [1.165, 1.54) is 0 Å². The highest BCUT2D eigenvalue weighted by Gasteiger charge is 2.26. The van der Waals surface area contributed by atoms with Crippen LogP contribution in [0, 0.1) is 0 Å². The maximum absolute atomic E-state index is 12.9. The number of ether oxygens (including phenoxy) is 1. The average Bonchev–Trinajstić information content (AvgIpc) is 2.43. The van der Waals surface area contributed by atoms with Gasteiger partial charge >= 0.3 is 0 Å². The molecule has 1 amide bonds. The second-order valence-corrected chi connectivity index (χ2v) is 5.16. The molecule has 20 heavy (non-hydrogen) atoms. The number of alkyl halides is 2. The lowest BCUT2D eigenvalue weighted by molar-refractivity contribution is -0.122. The minimum atomic E-state index is -3.06. The Morgan fingerprint density at radius 3 is 2.75 bits per heavy atom. The normalized spacial score (nSPS) is 11.2. The Labute approximate surface area is 124 Å². The molecule has 7 heteroatoms. The third-order valence-electron chi connectivity index (χ3n) is 2.70. The summed E-state index contributed by atoms with van der Waals surface area (Å²) in [6, 6.07) is 5.44. The molecule has 0 heterocycles. The Kier molecular flexibility index (Phi) is 6.35. The average molecular weight is 351 g/mol. The van der Waals surface area contributed by atoms with E-state index in [-0.39, 0.29) is 6.42 Å². The molecule has 0 unspecified atom stereocenters. The molecule has 3 N–H and O–H groups in total. The first kappa shape index (κ1) is 16.8. The van der Waals surface area contributed by atoms with Gasteiger partial charge in [-0.1, -0.05) is 6.07 Å². The highest BCUT2D eigenvalue weighted by atomic mass is 79.9. The van der Waals surface area contributed by atoms with E-state index in [1.807, 2.05) is 12.1 Å². The Balaban J connectivity index is 2.43. The van der Waals surface area contributed by atoms with Gasteiger partial charge in [0.2, 0.25) is 5.91 Å². The molecule has 0 bridgehead atoms. The lowest BCUT2D eigenvalue weighted by Crippen LogP contribution is -2.41. The summed E-state index contributed by atoms with van der Waals surface area (Å²) in [4.78, 5) is 11.5. The summed E-state index contributed by atoms with van der Waals surface area (Å²) in [7, 11) is 1.56. The van der Waals surface area contributed by atoms with Crippen LogP contribution in [0.2, 0.25) is 0 Å². The maximum atomic E-state index is 12.9. The van der Waals surface area contributed by atoms with Gasteiger partial charge in [-0.2, -0.15) is 0 Å². The Hall–Kier alpha value is -1.21. The molecule has 0 fully saturated rings. The van der Waals surface area contributed by atoms with Gasteiger partial charge in [-0.3, -0.25) is 4.79 Å². The number of benzene rings is 1. The largest absolute Gasteiger partial charge is 0.496 e. The smallest absolute Gasteiger partial charge is 0.277 e. The molecule has 1 aromatic rings. The van der Waals surface area contributed by atoms with Gasteiger partial charge in [0.25, 0.3) is 5.92 Å². The molecule has 1 rings (SSSR count). The molecule has 0 atom stereocenters. The van der Waals surface area contributed by atoms with Crippen molar-refractivity contribution in [2.24, 2.45) is 5.73 Å². The van der Waals surface area contributed by atoms with Gasteiger partial charge in [0, 0.05) is 6.42 Å². The SMILES string of the molecule is COc1ccc(CCC(=O)NCC(F)(F)CN)cc1Br. The Morgan fingerprint density at radius 1 is 1.50 bits per heavy atom. The van der Waals surface area contributed by atoms with Crippen LogP contribution in [0.25, 0.3) is 0 Å². The van der Waals surface area contributed by atoms with E-state index >= 15 is 0 Å². The molecule has 0 aliphatic rings. The van der Waals surface area contributed by atoms with Crippen molar-refractivity contribution in [3.8, 4) is 5.75 Å². The molecular weight excluding hydrogens is 334 g/mol. The first-order chi connectivity index (χ1) is 9.38. The van der Waals surface area contributed by atoms with Crippen LogP contribution in [0.3, 0.4) is 0 Å². The number of aryl methyl sites for hydroxylation is 1. The topological polar surface area (TPSA) is 64.3 Å². The summed E-state index contributed by atoms with van der Waals surface area (Å²) in [5.41, 5.74) is 5.80. The molecule has 4 nitrogen and oxygen atoms in total. The van der Waals surface area contributed by atoms with Crippen molar-refractivity contribution in [3.63, 3.8) is 0 Å². The molecule has 0 aliphatic heterocycles. The van der Waals surface area contributed by atoms with E-state index in [2.05, 4.69) is 21.2 Å². The molecule has 0 spiro atoms. The zero-order valence-electron chi connectivity index (χ0n) is 11.1. The van der Waals surface area contributed by atoms with Crippen molar-refractivity contribution in [1.29, 1.82) is 0 Å². The van der Waals surface area contributed by atoms with Crippen molar-refractivity contribution in [2.75, 3.05) is 20.2 Å². The summed E-state index contributed by atoms with van der Waals surface area (Å²) in [6.45, 7) is -1.51. The minimum absolute atomic E-state index is 0.138. The number of carbonyl (C=O) groups excluding carboxylic acids is 1. The van der Waals surface area contributed by atoms with Crippen LogP contribution in [0.4, 0.5) is 8.78 Å². The maximum Gasteiger partial charge on any atom is 0.277 e. The van der Waals surface area contributed by atoms with Crippen LogP contribution in [-0.2, 0) is 11.2 Å². The number of rotatable bonds is 7. The fourth-order valence-corrected chi connectivity index (χ4v) is 2.10. The highest BCUT2D eigenvalue weighted by molar-refractivity contribution is 9.10. The zero-order chi connectivity index (χ0) is 15.2. The standard InChI is InChI=1S/C13H17BrF2N2O2/c1-20-11-4-2-9(6-10(11)14)3-5-12(19)18-8-13(15,16)7-17/h2,4,6H,3,5,7-8,17H2,1H3,(H,18,19). The predicted octanol–water partition coefficient (Wildman–Crippen LogP) is 2.10. The van der Waals surface area contributed by atoms with Gasteiger partial charge in [0.15, 0.2) is 0 Å². The fraction of sp³-hybridized carbons (Fsp3) is 0.462. The van der Waals surface area contributed by atoms with Crippen LogP contribution in [-0.4, -0.2) is 32.0 Å². The molecule has 0 saturated carbocycles. The van der Waals surface area contributed by atoms with E-state index in [4.69, 9.17) is 10.5 Å². The third kappa shape index (κ3) is 5.42. The summed E-state index contributed by atoms with van der Waals surface area (Å²) in [5, 5.41) is 2.18. The summed E-state index contributed by atoms with van der Waals surface area (Å²) < 4.78 is 31.6. The first-order valence-corrected chi connectivity index (χ1v) is 6.84. The fourth-order valence-electron chi connectivity index (χ4n) is 1.51. The second kappa shape index (κ2) is 7.54. The Bertz CT molecular complexity index is 470. The van der Waals surface area contributed by atoms with E-state index < -0.39 is 24.9 Å². The molecule has 112 valence electrons. The number of amides is 1. The quantitative estimate of drug-likeness (QED) is 0.791. The van der Waals surface area contributed by atoms with Crippen LogP contribution in [0.1, 0.15) is 12.0 Å². The van der Waals surface area contributed by atoms with Crippen molar-refractivity contribution < 1.29 is 18.3 Å². The van der Waals surface area contributed by atoms with Crippen molar-refractivity contribution in [2.45, 2.75) is 18.8 Å². The molecular formula is C13H17BrF2N2O2. The lowest BCUT2D eigenvalue weighted by atomic mass is 10.1. The van der Waals surface area contributed by atoms with Gasteiger partial charge in [-0.25, -0.2) is 8.78 Å². The number of methoxy groups -OCH3 is 1. The van der Waals surface area contributed by atoms with Crippen LogP contribution in [0.15, 0.2) is 22.7 Å². The number of carbonyl (C=O) groups is 1. The van der Waals surface area contributed by atoms with E-state index in [0.29, 0.717) is 12.2 Å². The monoisotopic (exact) mass is 350 g/mol. The summed E-state index contributed by atoms with van der Waals surface area (Å²) in [6.07, 6.45) is 0.599. The molecule has 0 aromatic heterocycles. The number of nitrogens with one attached hydrogen (secondary N) is 1. The number of hydrogen-bond donors (Lipinski definition) is 2. The summed E-state index contributed by atoms with van der Waals surface area (Å²) >= 11 is 3.34. The number of hydrogen-bond acceptors (Lipinski definition) is 3. The van der Waals surface area contributed by atoms with Crippen LogP contribution >= 0.6 is 15.9 Å². The zero-order valence-corrected chi connectivity index (χ0v) is 12.7. The van der Waals surface area contributed by atoms with Gasteiger partial charge in [0.1, 0.15) is 5.75 Å². The van der Waals surface area contributed by atoms with Crippen molar-refractivity contribution in [3.05, 3.63) is 28.2 Å². The number of nitrogens with two attached hydrogens (primary N) is 1. The first-order valence-electron chi connectivity index (χ1n) is 6.05. The van der Waals surface area contributed by atoms with Crippen LogP contribution < -0.4 is 15.8 Å². The van der Waals surface area contributed by atoms with Crippen molar-refractivity contribution >= 4 is 21.8 Å². The van der Waals surface area contributed by atoms with Gasteiger partial charge in [0.05, 0.1) is 24.7 Å². The molecule has 0 aliphatic carbocycles. The third-order valence-corrected chi connectivity index (χ3v) is 3.32. The molecule has 0 radical (unpaired) electrons. The van der Waals surface area contributed by atoms with E-state index in [0.717, 1.165) is 10.0 Å². The Morgan fingerprint density at radius 2 is 2.20 bits per heavy atom. The predicted molar refractivity (Wildman–Crippen MR) is 76.0 cm³/mol. The highest BCUT2D eigenvalue weighted by Crippen LogP contribution is 2.25. The molecule has 0 saturated heterocycles. The summed E-state index contributed by atoms with van der Waals surface area (Å²) in [5.74, 6) is -2.79. The van der Waals surface area contributed by atoms with Gasteiger partial charge in [-0.15, -0.1) is 0 Å². The minimum Gasteiger partial charge on any atom is -0.496 e. The number of halogens is 3. The van der Waals surface area contributed by atoms with E-state index in [1.54, 1.807) is 13.2 Å². The van der Waals surface area contributed by atoms with Gasteiger partial charge < -0.3 is 15.8 Å².